The smallest absolute Gasteiger partial charge is 0.224 e. The molecule has 0 aliphatic rings. The normalized spacial score (nSPS) is 11.2. The average molecular weight is 264 g/mol. The summed E-state index contributed by atoms with van der Waals surface area (Å²) < 4.78 is 5.14. The van der Waals surface area contributed by atoms with Crippen molar-refractivity contribution in [2.45, 2.75) is 26.7 Å². The molecule has 0 atom stereocenters. The maximum atomic E-state index is 11.9. The summed E-state index contributed by atoms with van der Waals surface area (Å²) in [7, 11) is 1.62. The van der Waals surface area contributed by atoms with Crippen LogP contribution >= 0.6 is 0 Å². The van der Waals surface area contributed by atoms with E-state index in [9.17, 15) is 4.79 Å². The Balaban J connectivity index is 2.46. The minimum atomic E-state index is 0.0262. The van der Waals surface area contributed by atoms with E-state index < -0.39 is 0 Å². The fraction of sp³-hybridized carbons (Fsp3) is 0.533. The van der Waals surface area contributed by atoms with E-state index in [4.69, 9.17) is 10.5 Å². The zero-order chi connectivity index (χ0) is 14.3. The van der Waals surface area contributed by atoms with Crippen molar-refractivity contribution in [2.24, 2.45) is 11.1 Å². The molecule has 0 saturated heterocycles. The second-order valence-corrected chi connectivity index (χ2v) is 5.51. The number of carbonyl (C=O) groups excluding carboxylic acids is 1. The molecule has 0 aromatic heterocycles. The molecule has 0 spiro atoms. The quantitative estimate of drug-likeness (QED) is 0.788. The summed E-state index contributed by atoms with van der Waals surface area (Å²) in [6, 6.07) is 7.56. The van der Waals surface area contributed by atoms with Crippen molar-refractivity contribution in [1.29, 1.82) is 0 Å². The first kappa shape index (κ1) is 15.5. The lowest BCUT2D eigenvalue weighted by molar-refractivity contribution is -0.120. The van der Waals surface area contributed by atoms with Crippen molar-refractivity contribution >= 4 is 5.91 Å². The molecule has 0 aliphatic heterocycles. The van der Waals surface area contributed by atoms with Crippen LogP contribution in [0.1, 0.15) is 25.8 Å². The number of hydrogen-bond donors (Lipinski definition) is 2. The van der Waals surface area contributed by atoms with Crippen LogP contribution in [0.3, 0.4) is 0 Å². The monoisotopic (exact) mass is 264 g/mol. The zero-order valence-electron chi connectivity index (χ0n) is 12.0. The lowest BCUT2D eigenvalue weighted by atomic mass is 9.89. The average Bonchev–Trinajstić information content (AvgIpc) is 2.37. The topological polar surface area (TPSA) is 64.3 Å². The second-order valence-electron chi connectivity index (χ2n) is 5.51. The van der Waals surface area contributed by atoms with E-state index in [1.54, 1.807) is 7.11 Å². The van der Waals surface area contributed by atoms with Crippen LogP contribution in [-0.4, -0.2) is 26.1 Å². The van der Waals surface area contributed by atoms with E-state index in [0.717, 1.165) is 17.7 Å². The van der Waals surface area contributed by atoms with E-state index >= 15 is 0 Å². The van der Waals surface area contributed by atoms with Gasteiger partial charge >= 0.3 is 0 Å². The highest BCUT2D eigenvalue weighted by Gasteiger charge is 2.17. The number of nitrogens with one attached hydrogen (secondary N) is 1. The lowest BCUT2D eigenvalue weighted by Gasteiger charge is -2.24. The van der Waals surface area contributed by atoms with E-state index in [1.807, 2.05) is 24.3 Å². The van der Waals surface area contributed by atoms with Gasteiger partial charge in [0.25, 0.3) is 0 Å². The number of benzene rings is 1. The molecule has 4 nitrogen and oxygen atoms in total. The predicted octanol–water partition coefficient (Wildman–Crippen LogP) is 1.73. The molecular weight excluding hydrogens is 240 g/mol. The van der Waals surface area contributed by atoms with Crippen LogP contribution in [0.25, 0.3) is 0 Å². The van der Waals surface area contributed by atoms with Crippen LogP contribution < -0.4 is 15.8 Å². The molecule has 0 bridgehead atoms. The Morgan fingerprint density at radius 2 is 2.16 bits per heavy atom. The molecule has 4 heteroatoms. The molecule has 1 aromatic carbocycles. The van der Waals surface area contributed by atoms with Crippen LogP contribution in [0, 0.1) is 5.41 Å². The Bertz CT molecular complexity index is 416. The number of carbonyl (C=O) groups is 1. The van der Waals surface area contributed by atoms with Crippen molar-refractivity contribution < 1.29 is 9.53 Å². The van der Waals surface area contributed by atoms with Gasteiger partial charge in [0.1, 0.15) is 5.75 Å². The number of ether oxygens (including phenoxy) is 1. The molecule has 19 heavy (non-hydrogen) atoms. The van der Waals surface area contributed by atoms with Crippen LogP contribution in [0.2, 0.25) is 0 Å². The predicted molar refractivity (Wildman–Crippen MR) is 77.2 cm³/mol. The molecule has 3 N–H and O–H groups in total. The molecule has 0 unspecified atom stereocenters. The third-order valence-electron chi connectivity index (χ3n) is 3.08. The van der Waals surface area contributed by atoms with Gasteiger partial charge in [-0.3, -0.25) is 4.79 Å². The number of methoxy groups -OCH3 is 1. The SMILES string of the molecule is COc1cccc(CC(=O)NCC(C)(C)CCN)c1. The number of nitrogens with two attached hydrogens (primary N) is 1. The van der Waals surface area contributed by atoms with Gasteiger partial charge < -0.3 is 15.8 Å². The number of amides is 1. The molecule has 106 valence electrons. The van der Waals surface area contributed by atoms with E-state index in [2.05, 4.69) is 19.2 Å². The summed E-state index contributed by atoms with van der Waals surface area (Å²) in [6.07, 6.45) is 1.27. The largest absolute Gasteiger partial charge is 0.497 e. The van der Waals surface area contributed by atoms with Gasteiger partial charge in [0, 0.05) is 6.54 Å². The van der Waals surface area contributed by atoms with Gasteiger partial charge in [-0.15, -0.1) is 0 Å². The molecule has 1 rings (SSSR count). The van der Waals surface area contributed by atoms with Crippen molar-refractivity contribution in [3.63, 3.8) is 0 Å². The third kappa shape index (κ3) is 5.75. The summed E-state index contributed by atoms with van der Waals surface area (Å²) in [5, 5.41) is 2.96. The van der Waals surface area contributed by atoms with Gasteiger partial charge in [-0.05, 0) is 36.1 Å². The molecule has 0 radical (unpaired) electrons. The number of hydrogen-bond acceptors (Lipinski definition) is 3. The maximum Gasteiger partial charge on any atom is 0.224 e. The Morgan fingerprint density at radius 3 is 2.79 bits per heavy atom. The van der Waals surface area contributed by atoms with Gasteiger partial charge in [0.05, 0.1) is 13.5 Å². The van der Waals surface area contributed by atoms with Gasteiger partial charge in [-0.2, -0.15) is 0 Å². The molecule has 0 saturated carbocycles. The van der Waals surface area contributed by atoms with Crippen molar-refractivity contribution in [3.05, 3.63) is 29.8 Å². The van der Waals surface area contributed by atoms with Gasteiger partial charge in [-0.1, -0.05) is 26.0 Å². The molecular formula is C15H24N2O2. The van der Waals surface area contributed by atoms with E-state index in [-0.39, 0.29) is 11.3 Å². The first-order chi connectivity index (χ1) is 8.96. The molecule has 0 heterocycles. The minimum absolute atomic E-state index is 0.0262. The Kier molecular flexibility index (Phi) is 5.83. The van der Waals surface area contributed by atoms with E-state index in [1.165, 1.54) is 0 Å². The van der Waals surface area contributed by atoms with Crippen molar-refractivity contribution in [2.75, 3.05) is 20.2 Å². The summed E-state index contributed by atoms with van der Waals surface area (Å²) in [5.41, 5.74) is 6.54. The summed E-state index contributed by atoms with van der Waals surface area (Å²) in [5.74, 6) is 0.798. The third-order valence-corrected chi connectivity index (χ3v) is 3.08. The van der Waals surface area contributed by atoms with Crippen LogP contribution in [0.4, 0.5) is 0 Å². The number of rotatable bonds is 7. The van der Waals surface area contributed by atoms with Crippen LogP contribution in [0.15, 0.2) is 24.3 Å². The minimum Gasteiger partial charge on any atom is -0.497 e. The standard InChI is InChI=1S/C15H24N2O2/c1-15(2,7-8-16)11-17-14(18)10-12-5-4-6-13(9-12)19-3/h4-6,9H,7-8,10-11,16H2,1-3H3,(H,17,18). The lowest BCUT2D eigenvalue weighted by Crippen LogP contribution is -2.36. The van der Waals surface area contributed by atoms with Gasteiger partial charge in [0.2, 0.25) is 5.91 Å². The Hall–Kier alpha value is -1.55. The highest BCUT2D eigenvalue weighted by atomic mass is 16.5. The highest BCUT2D eigenvalue weighted by molar-refractivity contribution is 5.78. The fourth-order valence-corrected chi connectivity index (χ4v) is 1.85. The molecule has 0 aliphatic carbocycles. The summed E-state index contributed by atoms with van der Waals surface area (Å²) in [4.78, 5) is 11.9. The first-order valence-electron chi connectivity index (χ1n) is 6.56. The van der Waals surface area contributed by atoms with Crippen LogP contribution in [0.5, 0.6) is 5.75 Å². The van der Waals surface area contributed by atoms with Crippen LogP contribution in [-0.2, 0) is 11.2 Å². The highest BCUT2D eigenvalue weighted by Crippen LogP contribution is 2.18. The first-order valence-corrected chi connectivity index (χ1v) is 6.56. The molecule has 0 fully saturated rings. The summed E-state index contributed by atoms with van der Waals surface area (Å²) >= 11 is 0. The van der Waals surface area contributed by atoms with Gasteiger partial charge in [-0.25, -0.2) is 0 Å². The molecule has 1 amide bonds. The fourth-order valence-electron chi connectivity index (χ4n) is 1.85. The van der Waals surface area contributed by atoms with E-state index in [0.29, 0.717) is 19.5 Å². The zero-order valence-corrected chi connectivity index (χ0v) is 12.0. The van der Waals surface area contributed by atoms with Crippen molar-refractivity contribution in [3.8, 4) is 5.75 Å². The Labute approximate surface area is 115 Å². The maximum absolute atomic E-state index is 11.9. The van der Waals surface area contributed by atoms with Gasteiger partial charge in [0.15, 0.2) is 0 Å². The second kappa shape index (κ2) is 7.14. The summed E-state index contributed by atoms with van der Waals surface area (Å²) in [6.45, 7) is 5.49. The molecule has 1 aromatic rings. The Morgan fingerprint density at radius 1 is 1.42 bits per heavy atom. The van der Waals surface area contributed by atoms with Crippen molar-refractivity contribution in [1.82, 2.24) is 5.32 Å².